The van der Waals surface area contributed by atoms with Crippen molar-refractivity contribution in [3.63, 3.8) is 0 Å². The summed E-state index contributed by atoms with van der Waals surface area (Å²) in [5.41, 5.74) is 0. The molecule has 0 heterocycles. The minimum absolute atomic E-state index is 0.0313. The third kappa shape index (κ3) is 7.06. The Morgan fingerprint density at radius 1 is 1.33 bits per heavy atom. The van der Waals surface area contributed by atoms with E-state index in [4.69, 9.17) is 9.47 Å². The van der Waals surface area contributed by atoms with Crippen LogP contribution in [0, 0.1) is 0 Å². The summed E-state index contributed by atoms with van der Waals surface area (Å²) in [6.45, 7) is 6.91. The van der Waals surface area contributed by atoms with Crippen LogP contribution in [0.2, 0.25) is 0 Å². The Labute approximate surface area is 109 Å². The molecule has 0 fully saturated rings. The van der Waals surface area contributed by atoms with Gasteiger partial charge in [-0.05, 0) is 26.3 Å². The van der Waals surface area contributed by atoms with Crippen molar-refractivity contribution >= 4 is 11.9 Å². The average molecular weight is 257 g/mol. The van der Waals surface area contributed by atoms with Crippen LogP contribution in [0.15, 0.2) is 12.2 Å². The molecule has 1 amide bonds. The van der Waals surface area contributed by atoms with E-state index in [1.807, 2.05) is 13.8 Å². The minimum Gasteiger partial charge on any atom is -0.459 e. The number of carbonyl (C=O) groups excluding carboxylic acids is 2. The number of hydrogen-bond donors (Lipinski definition) is 1. The Hall–Kier alpha value is -1.36. The summed E-state index contributed by atoms with van der Waals surface area (Å²) < 4.78 is 10.0. The predicted molar refractivity (Wildman–Crippen MR) is 69.1 cm³/mol. The lowest BCUT2D eigenvalue weighted by Crippen LogP contribution is -2.41. The summed E-state index contributed by atoms with van der Waals surface area (Å²) >= 11 is 0. The molecule has 1 N–H and O–H groups in total. The van der Waals surface area contributed by atoms with E-state index >= 15 is 0 Å². The number of ether oxygens (including phenoxy) is 2. The second kappa shape index (κ2) is 8.69. The molecule has 0 bridgehead atoms. The third-order valence-electron chi connectivity index (χ3n) is 2.58. The van der Waals surface area contributed by atoms with Crippen molar-refractivity contribution in [2.24, 2.45) is 0 Å². The molecule has 0 aromatic heterocycles. The molecule has 0 aliphatic heterocycles. The first-order valence-electron chi connectivity index (χ1n) is 6.09. The Morgan fingerprint density at radius 2 is 1.94 bits per heavy atom. The zero-order valence-corrected chi connectivity index (χ0v) is 11.7. The molecule has 0 rings (SSSR count). The molecule has 0 unspecified atom stereocenters. The van der Waals surface area contributed by atoms with Crippen LogP contribution in [-0.4, -0.2) is 37.2 Å². The van der Waals surface area contributed by atoms with E-state index < -0.39 is 6.10 Å². The zero-order chi connectivity index (χ0) is 14.1. The maximum atomic E-state index is 11.6. The summed E-state index contributed by atoms with van der Waals surface area (Å²) in [6.07, 6.45) is 3.25. The third-order valence-corrected chi connectivity index (χ3v) is 2.58. The quantitative estimate of drug-likeness (QED) is 0.553. The number of nitrogens with one attached hydrogen (secondary N) is 1. The normalized spacial score (nSPS) is 16.1. The highest BCUT2D eigenvalue weighted by molar-refractivity contribution is 5.87. The standard InChI is InChI=1S/C13H23NO4/c1-6-12(10(3)17-5)14-13(16)8-7-9(2)18-11(4)15/h7-10,12H,6H2,1-5H3,(H,14,16)/b8-7-/t9-,10+,12+/m0/s1. The first-order chi connectivity index (χ1) is 8.40. The Morgan fingerprint density at radius 3 is 2.39 bits per heavy atom. The summed E-state index contributed by atoms with van der Waals surface area (Å²) in [5.74, 6) is -0.586. The second-order valence-corrected chi connectivity index (χ2v) is 4.14. The van der Waals surface area contributed by atoms with E-state index in [0.717, 1.165) is 6.42 Å². The molecule has 0 aliphatic rings. The first kappa shape index (κ1) is 16.6. The molecule has 3 atom stereocenters. The van der Waals surface area contributed by atoms with E-state index in [-0.39, 0.29) is 24.0 Å². The van der Waals surface area contributed by atoms with Crippen molar-refractivity contribution in [1.82, 2.24) is 5.32 Å². The van der Waals surface area contributed by atoms with Gasteiger partial charge in [0.2, 0.25) is 5.91 Å². The monoisotopic (exact) mass is 257 g/mol. The largest absolute Gasteiger partial charge is 0.459 e. The van der Waals surface area contributed by atoms with Crippen LogP contribution in [0.5, 0.6) is 0 Å². The molecular formula is C13H23NO4. The van der Waals surface area contributed by atoms with Crippen LogP contribution in [-0.2, 0) is 19.1 Å². The fourth-order valence-electron chi connectivity index (χ4n) is 1.47. The van der Waals surface area contributed by atoms with Crippen molar-refractivity contribution in [3.05, 3.63) is 12.2 Å². The fourth-order valence-corrected chi connectivity index (χ4v) is 1.47. The van der Waals surface area contributed by atoms with E-state index in [2.05, 4.69) is 5.32 Å². The van der Waals surface area contributed by atoms with Crippen molar-refractivity contribution < 1.29 is 19.1 Å². The van der Waals surface area contributed by atoms with Crippen LogP contribution in [0.4, 0.5) is 0 Å². The predicted octanol–water partition coefficient (Wildman–Crippen LogP) is 1.42. The van der Waals surface area contributed by atoms with E-state index in [1.165, 1.54) is 13.0 Å². The maximum absolute atomic E-state index is 11.6. The molecule has 0 aliphatic carbocycles. The fraction of sp³-hybridized carbons (Fsp3) is 0.692. The summed E-state index contributed by atoms with van der Waals surface area (Å²) in [5, 5.41) is 2.83. The summed E-state index contributed by atoms with van der Waals surface area (Å²) in [6, 6.07) is -0.0313. The number of rotatable bonds is 7. The molecule has 0 aromatic carbocycles. The highest BCUT2D eigenvalue weighted by Crippen LogP contribution is 2.02. The van der Waals surface area contributed by atoms with Gasteiger partial charge in [0.25, 0.3) is 0 Å². The SMILES string of the molecule is CC[C@@H](NC(=O)/C=C\[C@H](C)OC(C)=O)[C@@H](C)OC. The van der Waals surface area contributed by atoms with Gasteiger partial charge in [-0.15, -0.1) is 0 Å². The minimum atomic E-state index is -0.409. The lowest BCUT2D eigenvalue weighted by molar-refractivity contribution is -0.143. The molecule has 0 radical (unpaired) electrons. The number of carbonyl (C=O) groups is 2. The van der Waals surface area contributed by atoms with Gasteiger partial charge in [0.1, 0.15) is 6.10 Å². The summed E-state index contributed by atoms with van der Waals surface area (Å²) in [7, 11) is 1.61. The summed E-state index contributed by atoms with van der Waals surface area (Å²) in [4.78, 5) is 22.3. The molecule has 18 heavy (non-hydrogen) atoms. The highest BCUT2D eigenvalue weighted by atomic mass is 16.5. The van der Waals surface area contributed by atoms with Gasteiger partial charge in [0, 0.05) is 20.1 Å². The number of hydrogen-bond acceptors (Lipinski definition) is 4. The van der Waals surface area contributed by atoms with Crippen LogP contribution in [0.3, 0.4) is 0 Å². The van der Waals surface area contributed by atoms with Crippen LogP contribution in [0.1, 0.15) is 34.1 Å². The molecule has 0 saturated heterocycles. The van der Waals surface area contributed by atoms with Crippen LogP contribution in [0.25, 0.3) is 0 Å². The molecule has 0 aromatic rings. The first-order valence-corrected chi connectivity index (χ1v) is 6.09. The molecule has 104 valence electrons. The topological polar surface area (TPSA) is 64.6 Å². The van der Waals surface area contributed by atoms with Gasteiger partial charge in [0.15, 0.2) is 0 Å². The van der Waals surface area contributed by atoms with E-state index in [1.54, 1.807) is 20.1 Å². The molecular weight excluding hydrogens is 234 g/mol. The lowest BCUT2D eigenvalue weighted by atomic mass is 10.1. The molecule has 5 nitrogen and oxygen atoms in total. The zero-order valence-electron chi connectivity index (χ0n) is 11.7. The number of esters is 1. The number of amides is 1. The van der Waals surface area contributed by atoms with Crippen molar-refractivity contribution in [3.8, 4) is 0 Å². The van der Waals surface area contributed by atoms with Gasteiger partial charge in [-0.1, -0.05) is 6.92 Å². The van der Waals surface area contributed by atoms with Crippen molar-refractivity contribution in [2.75, 3.05) is 7.11 Å². The number of methoxy groups -OCH3 is 1. The molecule has 0 spiro atoms. The lowest BCUT2D eigenvalue weighted by Gasteiger charge is -2.22. The van der Waals surface area contributed by atoms with Crippen LogP contribution < -0.4 is 5.32 Å². The second-order valence-electron chi connectivity index (χ2n) is 4.14. The van der Waals surface area contributed by atoms with Gasteiger partial charge in [-0.2, -0.15) is 0 Å². The highest BCUT2D eigenvalue weighted by Gasteiger charge is 2.15. The Kier molecular flexibility index (Phi) is 8.03. The van der Waals surface area contributed by atoms with Crippen molar-refractivity contribution in [2.45, 2.75) is 52.4 Å². The van der Waals surface area contributed by atoms with E-state index in [9.17, 15) is 9.59 Å². The molecule has 0 saturated carbocycles. The average Bonchev–Trinajstić information content (AvgIpc) is 2.31. The maximum Gasteiger partial charge on any atom is 0.303 e. The van der Waals surface area contributed by atoms with Crippen molar-refractivity contribution in [1.29, 1.82) is 0 Å². The van der Waals surface area contributed by atoms with Gasteiger partial charge in [0.05, 0.1) is 12.1 Å². The Balaban J connectivity index is 4.23. The molecule has 5 heteroatoms. The smallest absolute Gasteiger partial charge is 0.303 e. The van der Waals surface area contributed by atoms with Gasteiger partial charge >= 0.3 is 5.97 Å². The van der Waals surface area contributed by atoms with Gasteiger partial charge in [-0.25, -0.2) is 0 Å². The van der Waals surface area contributed by atoms with Gasteiger partial charge in [-0.3, -0.25) is 9.59 Å². The van der Waals surface area contributed by atoms with Crippen LogP contribution >= 0.6 is 0 Å². The van der Waals surface area contributed by atoms with E-state index in [0.29, 0.717) is 0 Å². The Bertz CT molecular complexity index is 301. The van der Waals surface area contributed by atoms with Gasteiger partial charge < -0.3 is 14.8 Å².